The monoisotopic (exact) mass is 323 g/mol. The van der Waals surface area contributed by atoms with Crippen LogP contribution in [0.1, 0.15) is 45.1 Å². The van der Waals surface area contributed by atoms with Crippen molar-refractivity contribution in [1.82, 2.24) is 0 Å². The van der Waals surface area contributed by atoms with Crippen LogP contribution in [0.15, 0.2) is 24.3 Å². The molecule has 0 N–H and O–H groups in total. The first-order valence-corrected chi connectivity index (χ1v) is 8.01. The lowest BCUT2D eigenvalue weighted by molar-refractivity contribution is 0.144. The third-order valence-electron chi connectivity index (χ3n) is 3.39. The van der Waals surface area contributed by atoms with Crippen molar-refractivity contribution >= 4 is 15.9 Å². The predicted octanol–water partition coefficient (Wildman–Crippen LogP) is 4.92. The van der Waals surface area contributed by atoms with Gasteiger partial charge < -0.3 is 4.74 Å². The number of nitriles is 1. The fourth-order valence-corrected chi connectivity index (χ4v) is 3.14. The number of nitrogens with zero attached hydrogens (tertiary/aromatic N) is 1. The van der Waals surface area contributed by atoms with E-state index in [1.807, 2.05) is 18.2 Å². The summed E-state index contributed by atoms with van der Waals surface area (Å²) in [5.41, 5.74) is 0.783. The molecule has 0 bridgehead atoms. The second kappa shape index (κ2) is 8.22. The quantitative estimate of drug-likeness (QED) is 0.636. The van der Waals surface area contributed by atoms with Crippen molar-refractivity contribution in [3.05, 3.63) is 29.8 Å². The molecule has 2 nitrogen and oxygen atoms in total. The molecule has 0 saturated heterocycles. The van der Waals surface area contributed by atoms with Gasteiger partial charge in [-0.2, -0.15) is 5.26 Å². The number of para-hydroxylation sites is 1. The Kier molecular flexibility index (Phi) is 6.94. The molecule has 1 aromatic rings. The Morgan fingerprint density at radius 3 is 2.37 bits per heavy atom. The molecule has 0 aliphatic carbocycles. The van der Waals surface area contributed by atoms with E-state index in [0.717, 1.165) is 31.0 Å². The molecule has 19 heavy (non-hydrogen) atoms. The number of benzene rings is 1. The van der Waals surface area contributed by atoms with Crippen LogP contribution in [-0.2, 0) is 0 Å². The molecule has 0 spiro atoms. The highest BCUT2D eigenvalue weighted by molar-refractivity contribution is 9.09. The van der Waals surface area contributed by atoms with E-state index >= 15 is 0 Å². The highest BCUT2D eigenvalue weighted by Gasteiger charge is 2.28. The van der Waals surface area contributed by atoms with E-state index in [2.05, 4.69) is 35.8 Å². The zero-order valence-corrected chi connectivity index (χ0v) is 13.4. The summed E-state index contributed by atoms with van der Waals surface area (Å²) in [7, 11) is 0. The molecule has 0 aliphatic heterocycles. The van der Waals surface area contributed by atoms with E-state index in [0.29, 0.717) is 17.9 Å². The van der Waals surface area contributed by atoms with Gasteiger partial charge in [0.1, 0.15) is 11.8 Å². The lowest BCUT2D eigenvalue weighted by Gasteiger charge is -2.31. The van der Waals surface area contributed by atoms with Gasteiger partial charge in [0.05, 0.1) is 12.2 Å². The van der Waals surface area contributed by atoms with Crippen molar-refractivity contribution in [2.75, 3.05) is 11.9 Å². The highest BCUT2D eigenvalue weighted by atomic mass is 79.9. The first-order valence-electron chi connectivity index (χ1n) is 6.89. The summed E-state index contributed by atoms with van der Waals surface area (Å²) in [6.07, 6.45) is 4.57. The molecule has 1 rings (SSSR count). The van der Waals surface area contributed by atoms with Crippen molar-refractivity contribution in [1.29, 1.82) is 5.26 Å². The molecule has 3 heteroatoms. The molecule has 0 saturated carbocycles. The third kappa shape index (κ3) is 4.54. The van der Waals surface area contributed by atoms with Crippen molar-refractivity contribution in [3.8, 4) is 11.8 Å². The lowest BCUT2D eigenvalue weighted by atomic mass is 9.82. The normalized spacial score (nSPS) is 11.1. The molecule has 0 atom stereocenters. The zero-order valence-electron chi connectivity index (χ0n) is 11.8. The Balaban J connectivity index is 2.78. The zero-order chi connectivity index (χ0) is 14.1. The molecule has 0 heterocycles. The smallest absolute Gasteiger partial charge is 0.137 e. The summed E-state index contributed by atoms with van der Waals surface area (Å²) < 4.78 is 5.94. The molecule has 0 radical (unpaired) electrons. The molecular weight excluding hydrogens is 302 g/mol. The van der Waals surface area contributed by atoms with E-state index in [-0.39, 0.29) is 5.41 Å². The Morgan fingerprint density at radius 1 is 1.21 bits per heavy atom. The maximum Gasteiger partial charge on any atom is 0.137 e. The highest BCUT2D eigenvalue weighted by Crippen LogP contribution is 2.33. The minimum Gasteiger partial charge on any atom is -0.492 e. The van der Waals surface area contributed by atoms with Crippen LogP contribution in [0.5, 0.6) is 5.75 Å². The van der Waals surface area contributed by atoms with Crippen molar-refractivity contribution in [3.63, 3.8) is 0 Å². The van der Waals surface area contributed by atoms with E-state index in [4.69, 9.17) is 10.00 Å². The fourth-order valence-electron chi connectivity index (χ4n) is 2.42. The Bertz CT molecular complexity index is 419. The Labute approximate surface area is 124 Å². The largest absolute Gasteiger partial charge is 0.492 e. The standard InChI is InChI=1S/C16H22BrNO/c1-3-9-16(12-17,10-4-2)13-19-15-8-6-5-7-14(15)11-18/h5-8H,3-4,9-10,12-13H2,1-2H3. The van der Waals surface area contributed by atoms with Gasteiger partial charge in [0.15, 0.2) is 0 Å². The second-order valence-corrected chi connectivity index (χ2v) is 5.59. The molecule has 0 fully saturated rings. The van der Waals surface area contributed by atoms with E-state index in [9.17, 15) is 0 Å². The third-order valence-corrected chi connectivity index (χ3v) is 4.58. The molecule has 0 aromatic heterocycles. The van der Waals surface area contributed by atoms with Crippen molar-refractivity contribution in [2.45, 2.75) is 39.5 Å². The first kappa shape index (κ1) is 16.0. The average Bonchev–Trinajstić information content (AvgIpc) is 2.45. The topological polar surface area (TPSA) is 33.0 Å². The molecule has 0 aliphatic rings. The van der Waals surface area contributed by atoms with Gasteiger partial charge in [0, 0.05) is 10.7 Å². The van der Waals surface area contributed by atoms with Crippen LogP contribution >= 0.6 is 15.9 Å². The Hall–Kier alpha value is -1.01. The summed E-state index contributed by atoms with van der Waals surface area (Å²) in [6, 6.07) is 9.61. The van der Waals surface area contributed by atoms with Crippen molar-refractivity contribution in [2.24, 2.45) is 5.41 Å². The summed E-state index contributed by atoms with van der Waals surface area (Å²) in [6.45, 7) is 5.07. The van der Waals surface area contributed by atoms with Gasteiger partial charge in [-0.05, 0) is 25.0 Å². The van der Waals surface area contributed by atoms with Crippen LogP contribution in [-0.4, -0.2) is 11.9 Å². The molecular formula is C16H22BrNO. The van der Waals surface area contributed by atoms with Gasteiger partial charge in [0.25, 0.3) is 0 Å². The SMILES string of the molecule is CCCC(CBr)(CCC)COc1ccccc1C#N. The van der Waals surface area contributed by atoms with Crippen LogP contribution in [0.4, 0.5) is 0 Å². The van der Waals surface area contributed by atoms with E-state index in [1.54, 1.807) is 6.07 Å². The molecule has 1 aromatic carbocycles. The summed E-state index contributed by atoms with van der Waals surface area (Å²) in [4.78, 5) is 0. The molecule has 0 unspecified atom stereocenters. The second-order valence-electron chi connectivity index (χ2n) is 5.03. The fraction of sp³-hybridized carbons (Fsp3) is 0.562. The van der Waals surface area contributed by atoms with Gasteiger partial charge in [-0.15, -0.1) is 0 Å². The summed E-state index contributed by atoms with van der Waals surface area (Å²) in [5, 5.41) is 10.0. The Morgan fingerprint density at radius 2 is 1.84 bits per heavy atom. The van der Waals surface area contributed by atoms with Gasteiger partial charge in [-0.3, -0.25) is 0 Å². The van der Waals surface area contributed by atoms with E-state index < -0.39 is 0 Å². The predicted molar refractivity (Wildman–Crippen MR) is 82.7 cm³/mol. The minimum absolute atomic E-state index is 0.173. The number of halogens is 1. The lowest BCUT2D eigenvalue weighted by Crippen LogP contribution is -2.30. The van der Waals surface area contributed by atoms with E-state index in [1.165, 1.54) is 0 Å². The van der Waals surface area contributed by atoms with Gasteiger partial charge in [-0.1, -0.05) is 54.8 Å². The maximum atomic E-state index is 9.07. The molecule has 0 amide bonds. The van der Waals surface area contributed by atoms with Crippen LogP contribution in [0, 0.1) is 16.7 Å². The number of hydrogen-bond acceptors (Lipinski definition) is 2. The first-order chi connectivity index (χ1) is 9.21. The van der Waals surface area contributed by atoms with Crippen molar-refractivity contribution < 1.29 is 4.74 Å². The number of hydrogen-bond donors (Lipinski definition) is 0. The number of ether oxygens (including phenoxy) is 1. The van der Waals surface area contributed by atoms with Crippen LogP contribution in [0.25, 0.3) is 0 Å². The van der Waals surface area contributed by atoms with Gasteiger partial charge in [0.2, 0.25) is 0 Å². The summed E-state index contributed by atoms with van der Waals surface area (Å²) in [5.74, 6) is 0.697. The minimum atomic E-state index is 0.173. The van der Waals surface area contributed by atoms with Crippen LogP contribution in [0.3, 0.4) is 0 Å². The van der Waals surface area contributed by atoms with Crippen LogP contribution < -0.4 is 4.74 Å². The van der Waals surface area contributed by atoms with Crippen LogP contribution in [0.2, 0.25) is 0 Å². The number of alkyl halides is 1. The number of rotatable bonds is 8. The average molecular weight is 324 g/mol. The summed E-state index contributed by atoms with van der Waals surface area (Å²) >= 11 is 3.64. The van der Waals surface area contributed by atoms with Gasteiger partial charge >= 0.3 is 0 Å². The molecule has 104 valence electrons. The maximum absolute atomic E-state index is 9.07. The van der Waals surface area contributed by atoms with Gasteiger partial charge in [-0.25, -0.2) is 0 Å².